The van der Waals surface area contributed by atoms with E-state index < -0.39 is 0 Å². The molecule has 1 unspecified atom stereocenters. The third-order valence-corrected chi connectivity index (χ3v) is 3.62. The number of rotatable bonds is 8. The molecule has 0 spiro atoms. The van der Waals surface area contributed by atoms with Crippen molar-refractivity contribution in [2.75, 3.05) is 11.9 Å². The molecule has 0 saturated heterocycles. The van der Waals surface area contributed by atoms with Gasteiger partial charge in [-0.05, 0) is 50.1 Å². The largest absolute Gasteiger partial charge is 0.491 e. The van der Waals surface area contributed by atoms with E-state index in [0.717, 1.165) is 23.4 Å². The number of carbonyl (C=O) groups excluding carboxylic acids is 1. The zero-order chi connectivity index (χ0) is 17.4. The van der Waals surface area contributed by atoms with Crippen LogP contribution in [0.1, 0.15) is 38.8 Å². The van der Waals surface area contributed by atoms with Gasteiger partial charge in [0.15, 0.2) is 0 Å². The van der Waals surface area contributed by atoms with Crippen LogP contribution in [0.5, 0.6) is 5.75 Å². The molecule has 128 valence electrons. The van der Waals surface area contributed by atoms with Crippen LogP contribution in [0.3, 0.4) is 0 Å². The molecule has 2 rings (SSSR count). The summed E-state index contributed by atoms with van der Waals surface area (Å²) < 4.78 is 5.60. The van der Waals surface area contributed by atoms with Crippen molar-refractivity contribution in [2.24, 2.45) is 0 Å². The van der Waals surface area contributed by atoms with Crippen molar-refractivity contribution in [3.8, 4) is 5.75 Å². The molecule has 0 aliphatic rings. The minimum atomic E-state index is -0.0202. The standard InChI is InChI=1S/C20H26N2O2/c1-4-19(16-8-6-5-7-9-16)22-20(23)14-21-17-10-12-18(13-11-17)24-15(2)3/h5-13,15,19,21H,4,14H2,1-3H3,(H,22,23). The smallest absolute Gasteiger partial charge is 0.239 e. The first-order valence-corrected chi connectivity index (χ1v) is 8.43. The summed E-state index contributed by atoms with van der Waals surface area (Å²) in [6.07, 6.45) is 1.01. The normalized spacial score (nSPS) is 11.8. The van der Waals surface area contributed by atoms with Crippen LogP contribution >= 0.6 is 0 Å². The Bertz CT molecular complexity index is 624. The molecule has 24 heavy (non-hydrogen) atoms. The molecule has 2 N–H and O–H groups in total. The van der Waals surface area contributed by atoms with Crippen LogP contribution in [-0.4, -0.2) is 18.6 Å². The molecule has 2 aromatic carbocycles. The lowest BCUT2D eigenvalue weighted by Gasteiger charge is -2.18. The number of benzene rings is 2. The summed E-state index contributed by atoms with van der Waals surface area (Å²) in [5.41, 5.74) is 2.03. The predicted molar refractivity (Wildman–Crippen MR) is 98.3 cm³/mol. The lowest BCUT2D eigenvalue weighted by molar-refractivity contribution is -0.120. The topological polar surface area (TPSA) is 50.4 Å². The van der Waals surface area contributed by atoms with Crippen LogP contribution in [0.4, 0.5) is 5.69 Å². The van der Waals surface area contributed by atoms with Gasteiger partial charge in [-0.3, -0.25) is 4.79 Å². The molecule has 0 radical (unpaired) electrons. The average Bonchev–Trinajstić information content (AvgIpc) is 2.59. The van der Waals surface area contributed by atoms with E-state index in [0.29, 0.717) is 0 Å². The van der Waals surface area contributed by atoms with E-state index in [4.69, 9.17) is 4.74 Å². The zero-order valence-electron chi connectivity index (χ0n) is 14.6. The highest BCUT2D eigenvalue weighted by Gasteiger charge is 2.12. The fourth-order valence-corrected chi connectivity index (χ4v) is 2.46. The Kier molecular flexibility index (Phi) is 6.67. The summed E-state index contributed by atoms with van der Waals surface area (Å²) in [4.78, 5) is 12.2. The SMILES string of the molecule is CCC(NC(=O)CNc1ccc(OC(C)C)cc1)c1ccccc1. The van der Waals surface area contributed by atoms with Crippen molar-refractivity contribution in [1.29, 1.82) is 0 Å². The molecule has 0 aromatic heterocycles. The molecule has 0 aliphatic carbocycles. The zero-order valence-corrected chi connectivity index (χ0v) is 14.6. The molecule has 0 bridgehead atoms. The molecular weight excluding hydrogens is 300 g/mol. The minimum absolute atomic E-state index is 0.0202. The van der Waals surface area contributed by atoms with Gasteiger partial charge in [-0.25, -0.2) is 0 Å². The van der Waals surface area contributed by atoms with Crippen LogP contribution in [0.15, 0.2) is 54.6 Å². The number of amides is 1. The first kappa shape index (κ1) is 17.9. The number of nitrogens with one attached hydrogen (secondary N) is 2. The van der Waals surface area contributed by atoms with Crippen LogP contribution < -0.4 is 15.4 Å². The van der Waals surface area contributed by atoms with Crippen LogP contribution in [0, 0.1) is 0 Å². The maximum Gasteiger partial charge on any atom is 0.239 e. The van der Waals surface area contributed by atoms with Crippen molar-refractivity contribution in [2.45, 2.75) is 39.3 Å². The monoisotopic (exact) mass is 326 g/mol. The van der Waals surface area contributed by atoms with Gasteiger partial charge < -0.3 is 15.4 Å². The number of hydrogen-bond acceptors (Lipinski definition) is 3. The van der Waals surface area contributed by atoms with Gasteiger partial charge in [0, 0.05) is 5.69 Å². The van der Waals surface area contributed by atoms with Crippen molar-refractivity contribution in [3.05, 3.63) is 60.2 Å². The summed E-state index contributed by atoms with van der Waals surface area (Å²) in [6, 6.07) is 17.7. The van der Waals surface area contributed by atoms with Gasteiger partial charge in [0.05, 0.1) is 18.7 Å². The lowest BCUT2D eigenvalue weighted by Crippen LogP contribution is -2.33. The molecule has 4 heteroatoms. The van der Waals surface area contributed by atoms with Crippen LogP contribution in [0.25, 0.3) is 0 Å². The maximum absolute atomic E-state index is 12.2. The second-order valence-corrected chi connectivity index (χ2v) is 5.98. The first-order chi connectivity index (χ1) is 11.6. The van der Waals surface area contributed by atoms with Gasteiger partial charge in [-0.1, -0.05) is 37.3 Å². The third-order valence-electron chi connectivity index (χ3n) is 3.62. The van der Waals surface area contributed by atoms with Gasteiger partial charge in [0.2, 0.25) is 5.91 Å². The number of anilines is 1. The van der Waals surface area contributed by atoms with E-state index in [1.54, 1.807) is 0 Å². The Labute approximate surface area is 144 Å². The minimum Gasteiger partial charge on any atom is -0.491 e. The second kappa shape index (κ2) is 8.96. The Morgan fingerprint density at radius 1 is 1.04 bits per heavy atom. The van der Waals surface area contributed by atoms with Gasteiger partial charge >= 0.3 is 0 Å². The highest BCUT2D eigenvalue weighted by molar-refractivity contribution is 5.81. The van der Waals surface area contributed by atoms with Gasteiger partial charge in [0.1, 0.15) is 5.75 Å². The van der Waals surface area contributed by atoms with E-state index in [2.05, 4.69) is 17.6 Å². The molecule has 1 atom stereocenters. The van der Waals surface area contributed by atoms with Crippen molar-refractivity contribution >= 4 is 11.6 Å². The van der Waals surface area contributed by atoms with E-state index in [-0.39, 0.29) is 24.6 Å². The second-order valence-electron chi connectivity index (χ2n) is 5.98. The fraction of sp³-hybridized carbons (Fsp3) is 0.350. The van der Waals surface area contributed by atoms with Crippen molar-refractivity contribution in [1.82, 2.24) is 5.32 Å². The molecule has 0 fully saturated rings. The molecule has 4 nitrogen and oxygen atoms in total. The molecule has 0 aliphatic heterocycles. The summed E-state index contributed by atoms with van der Waals surface area (Å²) in [5.74, 6) is 0.809. The molecule has 2 aromatic rings. The van der Waals surface area contributed by atoms with Gasteiger partial charge in [0.25, 0.3) is 0 Å². The van der Waals surface area contributed by atoms with Crippen LogP contribution in [0.2, 0.25) is 0 Å². The summed E-state index contributed by atoms with van der Waals surface area (Å²) in [7, 11) is 0. The quantitative estimate of drug-likeness (QED) is 0.766. The van der Waals surface area contributed by atoms with Crippen molar-refractivity contribution < 1.29 is 9.53 Å². The van der Waals surface area contributed by atoms with E-state index in [1.165, 1.54) is 0 Å². The Hall–Kier alpha value is -2.49. The highest BCUT2D eigenvalue weighted by atomic mass is 16.5. The van der Waals surface area contributed by atoms with Gasteiger partial charge in [-0.15, -0.1) is 0 Å². The number of hydrogen-bond donors (Lipinski definition) is 2. The first-order valence-electron chi connectivity index (χ1n) is 8.43. The Morgan fingerprint density at radius 2 is 1.71 bits per heavy atom. The van der Waals surface area contributed by atoms with E-state index in [9.17, 15) is 4.79 Å². The molecule has 0 heterocycles. The average molecular weight is 326 g/mol. The molecule has 0 saturated carbocycles. The molecule has 1 amide bonds. The summed E-state index contributed by atoms with van der Waals surface area (Å²) >= 11 is 0. The third kappa shape index (κ3) is 5.61. The summed E-state index contributed by atoms with van der Waals surface area (Å²) in [5, 5.41) is 6.20. The predicted octanol–water partition coefficient (Wildman–Crippen LogP) is 4.15. The Morgan fingerprint density at radius 3 is 2.29 bits per heavy atom. The lowest BCUT2D eigenvalue weighted by atomic mass is 10.0. The highest BCUT2D eigenvalue weighted by Crippen LogP contribution is 2.17. The van der Waals surface area contributed by atoms with E-state index >= 15 is 0 Å². The van der Waals surface area contributed by atoms with Gasteiger partial charge in [-0.2, -0.15) is 0 Å². The fourth-order valence-electron chi connectivity index (χ4n) is 2.46. The maximum atomic E-state index is 12.2. The van der Waals surface area contributed by atoms with Crippen molar-refractivity contribution in [3.63, 3.8) is 0 Å². The van der Waals surface area contributed by atoms with Crippen LogP contribution in [-0.2, 0) is 4.79 Å². The number of ether oxygens (including phenoxy) is 1. The summed E-state index contributed by atoms with van der Waals surface area (Å²) in [6.45, 7) is 6.30. The Balaban J connectivity index is 1.84. The van der Waals surface area contributed by atoms with E-state index in [1.807, 2.05) is 68.4 Å². The molecular formula is C20H26N2O2. The number of carbonyl (C=O) groups is 1.